The predicted octanol–water partition coefficient (Wildman–Crippen LogP) is 4.68. The highest BCUT2D eigenvalue weighted by atomic mass is 16.7. The normalized spacial score (nSPS) is 18.2. The lowest BCUT2D eigenvalue weighted by Crippen LogP contribution is -2.41. The number of pyridine rings is 1. The van der Waals surface area contributed by atoms with Crippen LogP contribution in [0.25, 0.3) is 33.1 Å². The molecule has 5 heteroatoms. The van der Waals surface area contributed by atoms with Crippen LogP contribution in [0.15, 0.2) is 60.8 Å². The number of rotatable bonds is 2. The van der Waals surface area contributed by atoms with Gasteiger partial charge in [0.05, 0.1) is 22.6 Å². The van der Waals surface area contributed by atoms with Crippen LogP contribution in [-0.2, 0) is 9.31 Å². The Balaban J connectivity index is 1.56. The van der Waals surface area contributed by atoms with E-state index in [4.69, 9.17) is 9.31 Å². The van der Waals surface area contributed by atoms with Gasteiger partial charge in [-0.05, 0) is 62.1 Å². The van der Waals surface area contributed by atoms with Gasteiger partial charge < -0.3 is 14.3 Å². The first-order chi connectivity index (χ1) is 13.3. The van der Waals surface area contributed by atoms with Crippen molar-refractivity contribution in [2.24, 2.45) is 0 Å². The van der Waals surface area contributed by atoms with Crippen LogP contribution in [0.2, 0.25) is 0 Å². The summed E-state index contributed by atoms with van der Waals surface area (Å²) in [5.41, 5.74) is 3.39. The second-order valence-electron chi connectivity index (χ2n) is 8.50. The second kappa shape index (κ2) is 5.93. The molecule has 1 aliphatic rings. The number of nitrogens with one attached hydrogen (secondary N) is 1. The minimum absolute atomic E-state index is 0.344. The van der Waals surface area contributed by atoms with Crippen molar-refractivity contribution >= 4 is 34.3 Å². The fourth-order valence-electron chi connectivity index (χ4n) is 3.74. The number of aromatic amines is 1. The van der Waals surface area contributed by atoms with Crippen LogP contribution in [0.1, 0.15) is 27.7 Å². The molecule has 1 aliphatic heterocycles. The quantitative estimate of drug-likeness (QED) is 0.521. The first-order valence-electron chi connectivity index (χ1n) is 9.66. The number of aromatic nitrogens is 2. The summed E-state index contributed by atoms with van der Waals surface area (Å²) in [6, 6.07) is 18.8. The monoisotopic (exact) mass is 370 g/mol. The minimum Gasteiger partial charge on any atom is -0.399 e. The molecule has 1 saturated heterocycles. The molecule has 2 aromatic heterocycles. The molecule has 2 aromatic carbocycles. The predicted molar refractivity (Wildman–Crippen MR) is 115 cm³/mol. The first kappa shape index (κ1) is 17.5. The maximum absolute atomic E-state index is 6.20. The lowest BCUT2D eigenvalue weighted by atomic mass is 9.78. The summed E-state index contributed by atoms with van der Waals surface area (Å²) in [7, 11) is -0.358. The smallest absolute Gasteiger partial charge is 0.399 e. The van der Waals surface area contributed by atoms with Gasteiger partial charge in [-0.3, -0.25) is 4.98 Å². The van der Waals surface area contributed by atoms with Gasteiger partial charge in [-0.2, -0.15) is 0 Å². The van der Waals surface area contributed by atoms with Gasteiger partial charge in [-0.1, -0.05) is 36.4 Å². The lowest BCUT2D eigenvalue weighted by Gasteiger charge is -2.32. The third kappa shape index (κ3) is 2.66. The van der Waals surface area contributed by atoms with Crippen molar-refractivity contribution < 1.29 is 9.31 Å². The van der Waals surface area contributed by atoms with Crippen molar-refractivity contribution in [1.82, 2.24) is 9.97 Å². The molecule has 5 rings (SSSR count). The van der Waals surface area contributed by atoms with Crippen LogP contribution in [0.3, 0.4) is 0 Å². The number of hydrogen-bond donors (Lipinski definition) is 1. The van der Waals surface area contributed by atoms with Crippen LogP contribution in [0.5, 0.6) is 0 Å². The number of benzene rings is 2. The number of H-pyrrole nitrogens is 1. The molecule has 140 valence electrons. The van der Waals surface area contributed by atoms with Gasteiger partial charge in [0.15, 0.2) is 0 Å². The third-order valence-corrected chi connectivity index (χ3v) is 6.10. The van der Waals surface area contributed by atoms with E-state index in [9.17, 15) is 0 Å². The van der Waals surface area contributed by atoms with Gasteiger partial charge in [-0.25, -0.2) is 0 Å². The highest BCUT2D eigenvalue weighted by Crippen LogP contribution is 2.37. The fourth-order valence-corrected chi connectivity index (χ4v) is 3.74. The van der Waals surface area contributed by atoms with E-state index in [-0.39, 0.29) is 18.3 Å². The zero-order valence-corrected chi connectivity index (χ0v) is 16.6. The van der Waals surface area contributed by atoms with Gasteiger partial charge in [0.25, 0.3) is 0 Å². The summed E-state index contributed by atoms with van der Waals surface area (Å²) >= 11 is 0. The van der Waals surface area contributed by atoms with Crippen LogP contribution < -0.4 is 5.46 Å². The topological polar surface area (TPSA) is 47.1 Å². The second-order valence-corrected chi connectivity index (χ2v) is 8.50. The molecule has 0 amide bonds. The average molecular weight is 370 g/mol. The number of nitrogens with zero attached hydrogens (tertiary/aromatic N) is 1. The Labute approximate surface area is 165 Å². The molecule has 28 heavy (non-hydrogen) atoms. The molecule has 4 aromatic rings. The molecule has 3 heterocycles. The lowest BCUT2D eigenvalue weighted by molar-refractivity contribution is 0.00578. The summed E-state index contributed by atoms with van der Waals surface area (Å²) in [6.45, 7) is 8.30. The maximum atomic E-state index is 6.20. The molecule has 0 unspecified atom stereocenters. The van der Waals surface area contributed by atoms with Crippen LogP contribution in [-0.4, -0.2) is 28.3 Å². The third-order valence-electron chi connectivity index (χ3n) is 6.10. The van der Waals surface area contributed by atoms with Crippen molar-refractivity contribution in [2.75, 3.05) is 0 Å². The van der Waals surface area contributed by atoms with Gasteiger partial charge in [0.1, 0.15) is 0 Å². The molecule has 0 aliphatic carbocycles. The van der Waals surface area contributed by atoms with Crippen LogP contribution in [0, 0.1) is 0 Å². The number of fused-ring (bicyclic) bond motifs is 2. The van der Waals surface area contributed by atoms with E-state index < -0.39 is 0 Å². The van der Waals surface area contributed by atoms with Crippen LogP contribution >= 0.6 is 0 Å². The Morgan fingerprint density at radius 2 is 1.61 bits per heavy atom. The van der Waals surface area contributed by atoms with E-state index in [1.807, 2.05) is 24.4 Å². The summed E-state index contributed by atoms with van der Waals surface area (Å²) in [4.78, 5) is 8.14. The molecule has 0 saturated carbocycles. The largest absolute Gasteiger partial charge is 0.494 e. The van der Waals surface area contributed by atoms with Gasteiger partial charge in [0.2, 0.25) is 0 Å². The molecular formula is C23H23BN2O2. The number of hydrogen-bond acceptors (Lipinski definition) is 3. The summed E-state index contributed by atoms with van der Waals surface area (Å²) in [6.07, 6.45) is 1.86. The van der Waals surface area contributed by atoms with Gasteiger partial charge in [0, 0.05) is 17.1 Å². The molecule has 0 radical (unpaired) electrons. The summed E-state index contributed by atoms with van der Waals surface area (Å²) in [5, 5.41) is 3.45. The van der Waals surface area contributed by atoms with Crippen molar-refractivity contribution in [3.8, 4) is 11.4 Å². The molecule has 1 fully saturated rings. The average Bonchev–Trinajstić information content (AvgIpc) is 3.18. The SMILES string of the molecule is CC1(C)OB(c2ccc3[nH]c(-c4nccc5ccccc45)cc3c2)OC1(C)C. The van der Waals surface area contributed by atoms with Gasteiger partial charge in [-0.15, -0.1) is 0 Å². The van der Waals surface area contributed by atoms with E-state index >= 15 is 0 Å². The molecule has 0 spiro atoms. The van der Waals surface area contributed by atoms with E-state index in [1.165, 1.54) is 5.39 Å². The van der Waals surface area contributed by atoms with E-state index in [2.05, 4.69) is 74.1 Å². The van der Waals surface area contributed by atoms with Crippen molar-refractivity contribution in [2.45, 2.75) is 38.9 Å². The maximum Gasteiger partial charge on any atom is 0.494 e. The fraction of sp³-hybridized carbons (Fsp3) is 0.261. The van der Waals surface area contributed by atoms with E-state index in [0.717, 1.165) is 33.1 Å². The zero-order chi connectivity index (χ0) is 19.5. The van der Waals surface area contributed by atoms with Crippen molar-refractivity contribution in [1.29, 1.82) is 0 Å². The highest BCUT2D eigenvalue weighted by molar-refractivity contribution is 6.62. The van der Waals surface area contributed by atoms with Crippen molar-refractivity contribution in [3.63, 3.8) is 0 Å². The Morgan fingerprint density at radius 3 is 2.39 bits per heavy atom. The molecule has 0 bridgehead atoms. The Bertz CT molecular complexity index is 1170. The molecule has 0 atom stereocenters. The first-order valence-corrected chi connectivity index (χ1v) is 9.66. The van der Waals surface area contributed by atoms with Crippen LogP contribution in [0.4, 0.5) is 0 Å². The summed E-state index contributed by atoms with van der Waals surface area (Å²) < 4.78 is 12.4. The summed E-state index contributed by atoms with van der Waals surface area (Å²) in [5.74, 6) is 0. The highest BCUT2D eigenvalue weighted by Gasteiger charge is 2.51. The Morgan fingerprint density at radius 1 is 0.857 bits per heavy atom. The standard InChI is InChI=1S/C23H23BN2O2/c1-22(2)23(3,4)28-24(27-22)17-9-10-19-16(13-17)14-20(26-19)21-18-8-6-5-7-15(18)11-12-25-21/h5-14,26H,1-4H3. The molecule has 1 N–H and O–H groups in total. The molecule has 4 nitrogen and oxygen atoms in total. The van der Waals surface area contributed by atoms with Crippen molar-refractivity contribution in [3.05, 3.63) is 60.8 Å². The Hall–Kier alpha value is -2.63. The molecular weight excluding hydrogens is 347 g/mol. The van der Waals surface area contributed by atoms with E-state index in [0.29, 0.717) is 0 Å². The minimum atomic E-state index is -0.358. The van der Waals surface area contributed by atoms with E-state index in [1.54, 1.807) is 0 Å². The zero-order valence-electron chi connectivity index (χ0n) is 16.6. The Kier molecular flexibility index (Phi) is 3.70. The van der Waals surface area contributed by atoms with Gasteiger partial charge >= 0.3 is 7.12 Å².